The fraction of sp³-hybridized carbons (Fsp3) is 0.700. The minimum Gasteiger partial charge on any atom is -0.198 e. The Bertz CT molecular complexity index is 232. The van der Waals surface area contributed by atoms with Crippen LogP contribution >= 0.6 is 0 Å². The van der Waals surface area contributed by atoms with E-state index in [-0.39, 0.29) is 5.41 Å². The van der Waals surface area contributed by atoms with Crippen molar-refractivity contribution in [1.82, 2.24) is 0 Å². The van der Waals surface area contributed by atoms with Crippen LogP contribution in [0.4, 0.5) is 0 Å². The van der Waals surface area contributed by atoms with E-state index in [2.05, 4.69) is 26.8 Å². The van der Waals surface area contributed by atoms with E-state index in [0.29, 0.717) is 0 Å². The van der Waals surface area contributed by atoms with Crippen LogP contribution in [-0.2, 0) is 0 Å². The lowest BCUT2D eigenvalue weighted by Crippen LogP contribution is -2.18. The van der Waals surface area contributed by atoms with Crippen LogP contribution in [0.5, 0.6) is 0 Å². The molecule has 0 aromatic heterocycles. The Hall–Kier alpha value is -0.770. The van der Waals surface area contributed by atoms with E-state index >= 15 is 0 Å². The van der Waals surface area contributed by atoms with E-state index in [1.165, 1.54) is 11.1 Å². The van der Waals surface area contributed by atoms with Crippen LogP contribution in [0.15, 0.2) is 11.1 Å². The lowest BCUT2D eigenvalue weighted by Gasteiger charge is -2.28. The average Bonchev–Trinajstić information content (AvgIpc) is 1.98. The zero-order valence-electron chi connectivity index (χ0n) is 7.57. The van der Waals surface area contributed by atoms with E-state index in [4.69, 9.17) is 5.26 Å². The van der Waals surface area contributed by atoms with Crippen molar-refractivity contribution in [1.29, 1.82) is 5.26 Å². The summed E-state index contributed by atoms with van der Waals surface area (Å²) in [6, 6.07) is 2.40. The second kappa shape index (κ2) is 2.70. The van der Waals surface area contributed by atoms with Gasteiger partial charge in [0.2, 0.25) is 0 Å². The predicted octanol–water partition coefficient (Wildman–Crippen LogP) is 3.04. The number of hydrogen-bond donors (Lipinski definition) is 0. The minimum atomic E-state index is -0.0798. The largest absolute Gasteiger partial charge is 0.198 e. The van der Waals surface area contributed by atoms with E-state index in [0.717, 1.165) is 19.3 Å². The normalized spacial score (nSPS) is 31.8. The van der Waals surface area contributed by atoms with Gasteiger partial charge in [-0.15, -0.1) is 0 Å². The van der Waals surface area contributed by atoms with E-state index in [9.17, 15) is 0 Å². The third kappa shape index (κ3) is 1.63. The zero-order valence-corrected chi connectivity index (χ0v) is 7.57. The lowest BCUT2D eigenvalue weighted by molar-refractivity contribution is 0.379. The molecule has 0 spiro atoms. The van der Waals surface area contributed by atoms with E-state index in [1.54, 1.807) is 0 Å². The highest BCUT2D eigenvalue weighted by Gasteiger charge is 2.27. The molecule has 1 aliphatic rings. The first-order chi connectivity index (χ1) is 5.07. The third-order valence-electron chi connectivity index (χ3n) is 2.71. The maximum atomic E-state index is 8.88. The molecule has 0 N–H and O–H groups in total. The maximum Gasteiger partial charge on any atom is 0.0690 e. The van der Waals surface area contributed by atoms with Gasteiger partial charge in [0.25, 0.3) is 0 Å². The molecule has 0 saturated carbocycles. The number of nitrogens with zero attached hydrogens (tertiary/aromatic N) is 1. The molecule has 1 rings (SSSR count). The molecule has 1 atom stereocenters. The molecule has 0 amide bonds. The van der Waals surface area contributed by atoms with Crippen molar-refractivity contribution in [3.8, 4) is 6.07 Å². The standard InChI is InChI=1S/C10H15N/c1-8-4-5-10(3,7-11)6-9(8)2/h4-6H2,1-3H3/t10-/m1/s1. The molecule has 0 radical (unpaired) electrons. The van der Waals surface area contributed by atoms with Gasteiger partial charge in [0.15, 0.2) is 0 Å². The maximum absolute atomic E-state index is 8.88. The number of rotatable bonds is 0. The molecule has 11 heavy (non-hydrogen) atoms. The molecular weight excluding hydrogens is 134 g/mol. The van der Waals surface area contributed by atoms with Gasteiger partial charge in [-0.2, -0.15) is 5.26 Å². The summed E-state index contributed by atoms with van der Waals surface area (Å²) in [6.45, 7) is 6.37. The molecule has 0 bridgehead atoms. The molecule has 0 heterocycles. The molecule has 1 nitrogen and oxygen atoms in total. The van der Waals surface area contributed by atoms with Crippen LogP contribution < -0.4 is 0 Å². The van der Waals surface area contributed by atoms with E-state index < -0.39 is 0 Å². The molecule has 1 aliphatic carbocycles. The van der Waals surface area contributed by atoms with Crippen molar-refractivity contribution in [3.63, 3.8) is 0 Å². The second-order valence-corrected chi connectivity index (χ2v) is 3.91. The summed E-state index contributed by atoms with van der Waals surface area (Å²) < 4.78 is 0. The van der Waals surface area contributed by atoms with Crippen LogP contribution in [-0.4, -0.2) is 0 Å². The lowest BCUT2D eigenvalue weighted by atomic mass is 9.75. The van der Waals surface area contributed by atoms with Gasteiger partial charge >= 0.3 is 0 Å². The highest BCUT2D eigenvalue weighted by atomic mass is 14.4. The Labute approximate surface area is 68.7 Å². The summed E-state index contributed by atoms with van der Waals surface area (Å²) in [7, 11) is 0. The second-order valence-electron chi connectivity index (χ2n) is 3.91. The minimum absolute atomic E-state index is 0.0798. The summed E-state index contributed by atoms with van der Waals surface area (Å²) in [5, 5.41) is 8.88. The number of allylic oxidation sites excluding steroid dienone is 2. The Morgan fingerprint density at radius 2 is 2.00 bits per heavy atom. The number of hydrogen-bond acceptors (Lipinski definition) is 1. The van der Waals surface area contributed by atoms with Crippen LogP contribution in [0.2, 0.25) is 0 Å². The first-order valence-electron chi connectivity index (χ1n) is 4.14. The van der Waals surface area contributed by atoms with Crippen molar-refractivity contribution < 1.29 is 0 Å². The Kier molecular flexibility index (Phi) is 2.04. The third-order valence-corrected chi connectivity index (χ3v) is 2.71. The summed E-state index contributed by atoms with van der Waals surface area (Å²) in [5.41, 5.74) is 2.82. The number of nitriles is 1. The highest BCUT2D eigenvalue weighted by molar-refractivity contribution is 5.19. The topological polar surface area (TPSA) is 23.8 Å². The summed E-state index contributed by atoms with van der Waals surface area (Å²) in [4.78, 5) is 0. The van der Waals surface area contributed by atoms with Crippen molar-refractivity contribution in [2.24, 2.45) is 5.41 Å². The van der Waals surface area contributed by atoms with Gasteiger partial charge in [0, 0.05) is 0 Å². The molecule has 0 aromatic rings. The van der Waals surface area contributed by atoms with Gasteiger partial charge in [-0.05, 0) is 40.0 Å². The predicted molar refractivity (Wildman–Crippen MR) is 45.9 cm³/mol. The molecule has 0 fully saturated rings. The van der Waals surface area contributed by atoms with Crippen molar-refractivity contribution in [2.45, 2.75) is 40.0 Å². The van der Waals surface area contributed by atoms with Crippen LogP contribution in [0, 0.1) is 16.7 Å². The monoisotopic (exact) mass is 149 g/mol. The first kappa shape index (κ1) is 8.33. The summed E-state index contributed by atoms with van der Waals surface area (Å²) in [5.74, 6) is 0. The Morgan fingerprint density at radius 3 is 2.45 bits per heavy atom. The van der Waals surface area contributed by atoms with Gasteiger partial charge < -0.3 is 0 Å². The fourth-order valence-electron chi connectivity index (χ4n) is 1.60. The Morgan fingerprint density at radius 1 is 1.36 bits per heavy atom. The van der Waals surface area contributed by atoms with Crippen LogP contribution in [0.3, 0.4) is 0 Å². The smallest absolute Gasteiger partial charge is 0.0690 e. The molecular formula is C10H15N. The molecule has 0 aliphatic heterocycles. The van der Waals surface area contributed by atoms with Gasteiger partial charge in [-0.3, -0.25) is 0 Å². The van der Waals surface area contributed by atoms with E-state index in [1.807, 2.05) is 0 Å². The van der Waals surface area contributed by atoms with Gasteiger partial charge in [-0.1, -0.05) is 11.1 Å². The van der Waals surface area contributed by atoms with Crippen molar-refractivity contribution in [2.75, 3.05) is 0 Å². The first-order valence-corrected chi connectivity index (χ1v) is 4.14. The summed E-state index contributed by atoms with van der Waals surface area (Å²) >= 11 is 0. The Balaban J connectivity index is 2.81. The molecule has 1 heteroatoms. The average molecular weight is 149 g/mol. The fourth-order valence-corrected chi connectivity index (χ4v) is 1.60. The molecule has 60 valence electrons. The molecule has 0 aromatic carbocycles. The van der Waals surface area contributed by atoms with Gasteiger partial charge in [-0.25, -0.2) is 0 Å². The van der Waals surface area contributed by atoms with Crippen LogP contribution in [0.1, 0.15) is 40.0 Å². The zero-order chi connectivity index (χ0) is 8.48. The van der Waals surface area contributed by atoms with Gasteiger partial charge in [0.1, 0.15) is 0 Å². The molecule has 0 saturated heterocycles. The van der Waals surface area contributed by atoms with Crippen LogP contribution in [0.25, 0.3) is 0 Å². The SMILES string of the molecule is CC1=C(C)C[C@](C)(C#N)CC1. The van der Waals surface area contributed by atoms with Crippen molar-refractivity contribution in [3.05, 3.63) is 11.1 Å². The van der Waals surface area contributed by atoms with Gasteiger partial charge in [0.05, 0.1) is 11.5 Å². The molecule has 0 unspecified atom stereocenters. The van der Waals surface area contributed by atoms with Crippen molar-refractivity contribution >= 4 is 0 Å². The quantitative estimate of drug-likeness (QED) is 0.486. The highest BCUT2D eigenvalue weighted by Crippen LogP contribution is 2.37. The summed E-state index contributed by atoms with van der Waals surface area (Å²) in [6.07, 6.45) is 3.11.